The van der Waals surface area contributed by atoms with Crippen LogP contribution in [0.15, 0.2) is 85.5 Å². The predicted molar refractivity (Wildman–Crippen MR) is 126 cm³/mol. The average molecular weight is 478 g/mol. The first-order chi connectivity index (χ1) is 16.5. The van der Waals surface area contributed by atoms with Crippen LogP contribution in [0.5, 0.6) is 5.75 Å². The van der Waals surface area contributed by atoms with Gasteiger partial charge in [-0.05, 0) is 35.4 Å². The first kappa shape index (κ1) is 23.3. The summed E-state index contributed by atoms with van der Waals surface area (Å²) >= 11 is 5.96. The summed E-state index contributed by atoms with van der Waals surface area (Å²) in [5.41, 5.74) is 0.865. The van der Waals surface area contributed by atoms with Crippen LogP contribution in [0.2, 0.25) is 5.02 Å². The molecule has 174 valence electrons. The second kappa shape index (κ2) is 10.4. The fraction of sp³-hybridized carbons (Fsp3) is 0.192. The lowest BCUT2D eigenvalue weighted by Gasteiger charge is -2.27. The number of aryl methyl sites for hydroxylation is 1. The molecule has 1 atom stereocenters. The molecule has 0 saturated carbocycles. The molecule has 1 N–H and O–H groups in total. The third kappa shape index (κ3) is 4.89. The number of amides is 1. The SMILES string of the molecule is C=CCOc1cccc(C2/C(=C(\[O-])c3ccc(Cl)cc3)C(=O)C(=O)N2CCC[n+]2cc[nH]c2)c1. The van der Waals surface area contributed by atoms with E-state index in [-0.39, 0.29) is 5.57 Å². The first-order valence-corrected chi connectivity index (χ1v) is 11.3. The maximum Gasteiger partial charge on any atom is 0.295 e. The van der Waals surface area contributed by atoms with E-state index in [0.29, 0.717) is 48.0 Å². The van der Waals surface area contributed by atoms with Crippen LogP contribution in [0.3, 0.4) is 0 Å². The van der Waals surface area contributed by atoms with Gasteiger partial charge in [-0.25, -0.2) is 4.57 Å². The van der Waals surface area contributed by atoms with Crippen molar-refractivity contribution in [1.82, 2.24) is 9.88 Å². The van der Waals surface area contributed by atoms with Gasteiger partial charge >= 0.3 is 0 Å². The highest BCUT2D eigenvalue weighted by molar-refractivity contribution is 6.46. The molecule has 0 spiro atoms. The highest BCUT2D eigenvalue weighted by Gasteiger charge is 2.44. The molecule has 0 bridgehead atoms. The number of ketones is 1. The topological polar surface area (TPSA) is 89.3 Å². The second-order valence-electron chi connectivity index (χ2n) is 7.85. The Labute approximate surface area is 202 Å². The molecule has 8 heteroatoms. The Balaban J connectivity index is 1.73. The number of aromatic nitrogens is 2. The van der Waals surface area contributed by atoms with Crippen LogP contribution in [0.1, 0.15) is 23.6 Å². The minimum absolute atomic E-state index is 0.0671. The van der Waals surface area contributed by atoms with Crippen molar-refractivity contribution in [3.05, 3.63) is 102 Å². The fourth-order valence-corrected chi connectivity index (χ4v) is 4.14. The highest BCUT2D eigenvalue weighted by atomic mass is 35.5. The molecule has 4 rings (SSSR count). The van der Waals surface area contributed by atoms with Crippen LogP contribution in [-0.4, -0.2) is 34.7 Å². The summed E-state index contributed by atoms with van der Waals surface area (Å²) in [6.07, 6.45) is 7.74. The van der Waals surface area contributed by atoms with Crippen LogP contribution in [0.4, 0.5) is 0 Å². The predicted octanol–water partition coefficient (Wildman–Crippen LogP) is 2.83. The van der Waals surface area contributed by atoms with Crippen LogP contribution >= 0.6 is 11.6 Å². The van der Waals surface area contributed by atoms with Crippen molar-refractivity contribution in [3.63, 3.8) is 0 Å². The number of benzene rings is 2. The maximum atomic E-state index is 13.4. The molecule has 1 fully saturated rings. The monoisotopic (exact) mass is 477 g/mol. The number of likely N-dealkylation sites (tertiary alicyclic amines) is 1. The third-order valence-corrected chi connectivity index (χ3v) is 5.85. The molecule has 1 saturated heterocycles. The van der Waals surface area contributed by atoms with Gasteiger partial charge in [-0.3, -0.25) is 14.6 Å². The van der Waals surface area contributed by atoms with Gasteiger partial charge in [0.05, 0.1) is 12.6 Å². The summed E-state index contributed by atoms with van der Waals surface area (Å²) in [4.78, 5) is 30.6. The van der Waals surface area contributed by atoms with Crippen molar-refractivity contribution in [2.24, 2.45) is 0 Å². The molecule has 1 amide bonds. The maximum absolute atomic E-state index is 13.4. The Hall–Kier alpha value is -3.84. The van der Waals surface area contributed by atoms with Gasteiger partial charge in [0.1, 0.15) is 24.8 Å². The number of H-pyrrole nitrogens is 1. The Morgan fingerprint density at radius 2 is 2.03 bits per heavy atom. The Bertz CT molecular complexity index is 1220. The van der Waals surface area contributed by atoms with Crippen molar-refractivity contribution >= 4 is 29.1 Å². The summed E-state index contributed by atoms with van der Waals surface area (Å²) in [6, 6.07) is 12.6. The number of nitrogens with zero attached hydrogens (tertiary/aromatic N) is 2. The lowest BCUT2D eigenvalue weighted by atomic mass is 9.95. The smallest absolute Gasteiger partial charge is 0.295 e. The summed E-state index contributed by atoms with van der Waals surface area (Å²) in [5.74, 6) is -1.39. The summed E-state index contributed by atoms with van der Waals surface area (Å²) in [6.45, 7) is 4.92. The van der Waals surface area contributed by atoms with Gasteiger partial charge in [-0.2, -0.15) is 0 Å². The molecular formula is C26H24ClN3O4. The molecule has 2 heterocycles. The van der Waals surface area contributed by atoms with Crippen LogP contribution in [0, 0.1) is 0 Å². The molecule has 1 aromatic heterocycles. The largest absolute Gasteiger partial charge is 0.872 e. The van der Waals surface area contributed by atoms with E-state index in [1.807, 2.05) is 17.1 Å². The second-order valence-corrected chi connectivity index (χ2v) is 8.29. The van der Waals surface area contributed by atoms with E-state index < -0.39 is 23.5 Å². The van der Waals surface area contributed by atoms with Gasteiger partial charge in [0.15, 0.2) is 0 Å². The van der Waals surface area contributed by atoms with Gasteiger partial charge in [-0.15, -0.1) is 0 Å². The number of Topliss-reactive ketones (excluding diaryl/α,β-unsaturated/α-hetero) is 1. The summed E-state index contributed by atoms with van der Waals surface area (Å²) < 4.78 is 7.59. The number of nitrogens with one attached hydrogen (secondary N) is 1. The number of imidazole rings is 1. The van der Waals surface area contributed by atoms with Crippen LogP contribution < -0.4 is 14.4 Å². The van der Waals surface area contributed by atoms with E-state index in [0.717, 1.165) is 0 Å². The van der Waals surface area contributed by atoms with Crippen molar-refractivity contribution in [2.45, 2.75) is 19.0 Å². The lowest BCUT2D eigenvalue weighted by molar-refractivity contribution is -0.695. The Kier molecular flexibility index (Phi) is 7.13. The first-order valence-electron chi connectivity index (χ1n) is 10.9. The van der Waals surface area contributed by atoms with Gasteiger partial charge in [-0.1, -0.05) is 54.3 Å². The van der Waals surface area contributed by atoms with Gasteiger partial charge < -0.3 is 14.7 Å². The molecule has 2 aromatic carbocycles. The lowest BCUT2D eigenvalue weighted by Crippen LogP contribution is -2.36. The number of hydrogen-bond acceptors (Lipinski definition) is 4. The minimum atomic E-state index is -0.813. The Morgan fingerprint density at radius 3 is 2.74 bits per heavy atom. The quantitative estimate of drug-likeness (QED) is 0.169. The normalized spacial score (nSPS) is 17.2. The van der Waals surface area contributed by atoms with E-state index >= 15 is 0 Å². The molecule has 1 unspecified atom stereocenters. The minimum Gasteiger partial charge on any atom is -0.872 e. The van der Waals surface area contributed by atoms with Crippen LogP contribution in [0.25, 0.3) is 5.76 Å². The van der Waals surface area contributed by atoms with Crippen molar-refractivity contribution in [3.8, 4) is 5.75 Å². The number of rotatable bonds is 9. The molecular weight excluding hydrogens is 454 g/mol. The van der Waals surface area contributed by atoms with Gasteiger partial charge in [0.25, 0.3) is 5.91 Å². The van der Waals surface area contributed by atoms with E-state index in [2.05, 4.69) is 11.6 Å². The molecule has 1 aliphatic rings. The fourth-order valence-electron chi connectivity index (χ4n) is 4.02. The number of halogens is 1. The molecule has 0 radical (unpaired) electrons. The molecule has 34 heavy (non-hydrogen) atoms. The molecule has 0 aliphatic carbocycles. The Morgan fingerprint density at radius 1 is 1.24 bits per heavy atom. The number of carbonyl (C=O) groups excluding carboxylic acids is 2. The van der Waals surface area contributed by atoms with E-state index in [9.17, 15) is 14.7 Å². The van der Waals surface area contributed by atoms with E-state index in [1.54, 1.807) is 60.8 Å². The molecule has 1 aliphatic heterocycles. The summed E-state index contributed by atoms with van der Waals surface area (Å²) in [7, 11) is 0. The standard InChI is InChI=1S/C26H24ClN3O4/c1-2-15-34-21-6-3-5-19(16-21)23-22(24(31)18-7-9-20(27)10-8-18)25(32)26(33)30(23)13-4-12-29-14-11-28-17-29/h2-3,5-11,14,16-17,23H,1,4,12-13,15H2,(H,31,32). The number of aromatic amines is 1. The highest BCUT2D eigenvalue weighted by Crippen LogP contribution is 2.39. The van der Waals surface area contributed by atoms with Gasteiger partial charge in [0, 0.05) is 23.6 Å². The molecule has 3 aromatic rings. The van der Waals surface area contributed by atoms with Crippen LogP contribution in [-0.2, 0) is 16.1 Å². The molecule has 7 nitrogen and oxygen atoms in total. The third-order valence-electron chi connectivity index (χ3n) is 5.60. The average Bonchev–Trinajstić information content (AvgIpc) is 3.45. The van der Waals surface area contributed by atoms with Gasteiger partial charge in [0.2, 0.25) is 12.1 Å². The van der Waals surface area contributed by atoms with E-state index in [4.69, 9.17) is 16.3 Å². The zero-order valence-electron chi connectivity index (χ0n) is 18.4. The number of carbonyl (C=O) groups is 2. The zero-order valence-corrected chi connectivity index (χ0v) is 19.2. The van der Waals surface area contributed by atoms with Crippen molar-refractivity contribution in [2.75, 3.05) is 13.2 Å². The number of hydrogen-bond donors (Lipinski definition) is 1. The van der Waals surface area contributed by atoms with E-state index in [1.165, 1.54) is 4.90 Å². The van der Waals surface area contributed by atoms with Crippen molar-refractivity contribution in [1.29, 1.82) is 0 Å². The summed E-state index contributed by atoms with van der Waals surface area (Å²) in [5, 5.41) is 13.9. The van der Waals surface area contributed by atoms with Crippen molar-refractivity contribution < 1.29 is 24.0 Å². The number of ether oxygens (including phenoxy) is 1. The zero-order chi connectivity index (χ0) is 24.1.